The maximum Gasteiger partial charge on any atom is 0.345 e. The fraction of sp³-hybridized carbons (Fsp3) is 0.308. The summed E-state index contributed by atoms with van der Waals surface area (Å²) in [7, 11) is 0. The number of nitrogens with one attached hydrogen (secondary N) is 3. The number of hydrogen-bond donors (Lipinski definition) is 7. The standard InChI is InChI=1S/C52H55N5O9/c58-45-19-17-42(43-18-20-47(60)55-49(43)45)46(59)29-53-24-21-34-13-15-37(16-14-34)50(62)57-31-40(32-57)54-48(61)33-66-41-11-6-10-39(28-41)52(65,51(63)64)44-12-5-4-9-38(44)27-35-22-25-56(26-23-35)30-36-7-2-1-3-8-36/h1-20,28,35,40,46,53,58-59,65H,21-27,29-33H2,(H,54,61)(H,55,60)(H,63,64)/t46-,52-/m0/s1. The van der Waals surface area contributed by atoms with Crippen LogP contribution in [0.25, 0.3) is 10.9 Å². The Morgan fingerprint density at radius 1 is 0.848 bits per heavy atom. The summed E-state index contributed by atoms with van der Waals surface area (Å²) >= 11 is 0. The lowest BCUT2D eigenvalue weighted by Crippen LogP contribution is -2.61. The zero-order valence-corrected chi connectivity index (χ0v) is 36.6. The van der Waals surface area contributed by atoms with Crippen molar-refractivity contribution in [1.82, 2.24) is 25.4 Å². The van der Waals surface area contributed by atoms with Crippen molar-refractivity contribution in [3.63, 3.8) is 0 Å². The number of aromatic hydroxyl groups is 1. The van der Waals surface area contributed by atoms with Gasteiger partial charge in [-0.1, -0.05) is 84.9 Å². The topological polar surface area (TPSA) is 205 Å². The number of piperidine rings is 1. The van der Waals surface area contributed by atoms with Gasteiger partial charge in [0, 0.05) is 54.3 Å². The van der Waals surface area contributed by atoms with Crippen LogP contribution in [-0.2, 0) is 34.6 Å². The van der Waals surface area contributed by atoms with E-state index in [1.165, 1.54) is 23.8 Å². The number of benzene rings is 5. The van der Waals surface area contributed by atoms with E-state index in [2.05, 4.69) is 44.8 Å². The minimum atomic E-state index is -2.35. The van der Waals surface area contributed by atoms with Gasteiger partial charge in [0.2, 0.25) is 11.2 Å². The predicted octanol–water partition coefficient (Wildman–Crippen LogP) is 4.89. The van der Waals surface area contributed by atoms with Crippen LogP contribution < -0.4 is 20.9 Å². The summed E-state index contributed by atoms with van der Waals surface area (Å²) in [5, 5.41) is 50.2. The number of rotatable bonds is 18. The molecule has 6 aromatic rings. The first-order valence-corrected chi connectivity index (χ1v) is 22.4. The van der Waals surface area contributed by atoms with Crippen molar-refractivity contribution in [2.24, 2.45) is 5.92 Å². The number of carboxylic acid groups (broad SMARTS) is 1. The molecule has 66 heavy (non-hydrogen) atoms. The summed E-state index contributed by atoms with van der Waals surface area (Å²) in [6, 6.07) is 36.8. The number of carbonyl (C=O) groups is 3. The minimum Gasteiger partial charge on any atom is -0.506 e. The monoisotopic (exact) mass is 893 g/mol. The molecular formula is C52H55N5O9. The summed E-state index contributed by atoms with van der Waals surface area (Å²) in [4.78, 5) is 57.5. The van der Waals surface area contributed by atoms with Crippen molar-refractivity contribution in [1.29, 1.82) is 0 Å². The van der Waals surface area contributed by atoms with E-state index >= 15 is 0 Å². The van der Waals surface area contributed by atoms with E-state index in [9.17, 15) is 39.6 Å². The molecule has 2 aliphatic heterocycles. The Morgan fingerprint density at radius 3 is 2.35 bits per heavy atom. The number of ether oxygens (including phenoxy) is 1. The van der Waals surface area contributed by atoms with Gasteiger partial charge in [-0.3, -0.25) is 19.3 Å². The maximum atomic E-state index is 13.2. The van der Waals surface area contributed by atoms with Crippen LogP contribution in [0.3, 0.4) is 0 Å². The second-order valence-corrected chi connectivity index (χ2v) is 17.3. The van der Waals surface area contributed by atoms with E-state index in [-0.39, 0.29) is 53.2 Å². The van der Waals surface area contributed by atoms with Gasteiger partial charge in [0.15, 0.2) is 6.61 Å². The molecule has 0 unspecified atom stereocenters. The highest BCUT2D eigenvalue weighted by Gasteiger charge is 2.42. The van der Waals surface area contributed by atoms with Gasteiger partial charge in [0.05, 0.1) is 17.7 Å². The Bertz CT molecular complexity index is 2710. The highest BCUT2D eigenvalue weighted by Crippen LogP contribution is 2.36. The summed E-state index contributed by atoms with van der Waals surface area (Å²) < 4.78 is 5.80. The Balaban J connectivity index is 0.777. The summed E-state index contributed by atoms with van der Waals surface area (Å²) in [5.74, 6) is -1.46. The predicted molar refractivity (Wildman–Crippen MR) is 249 cm³/mol. The number of aromatic amines is 1. The van der Waals surface area contributed by atoms with Gasteiger partial charge in [0.1, 0.15) is 11.5 Å². The van der Waals surface area contributed by atoms with E-state index in [1.54, 1.807) is 59.5 Å². The highest BCUT2D eigenvalue weighted by molar-refractivity contribution is 5.95. The first-order valence-electron chi connectivity index (χ1n) is 22.4. The van der Waals surface area contributed by atoms with Crippen molar-refractivity contribution in [3.05, 3.63) is 177 Å². The molecule has 5 aromatic carbocycles. The van der Waals surface area contributed by atoms with Gasteiger partial charge in [-0.2, -0.15) is 0 Å². The molecule has 2 atom stereocenters. The zero-order chi connectivity index (χ0) is 46.2. The molecule has 2 aliphatic rings. The molecule has 1 aromatic heterocycles. The number of likely N-dealkylation sites (tertiary alicyclic amines) is 2. The average Bonchev–Trinajstić information content (AvgIpc) is 3.32. The maximum absolute atomic E-state index is 13.2. The molecule has 2 amide bonds. The van der Waals surface area contributed by atoms with Crippen LogP contribution in [0.1, 0.15) is 62.7 Å². The van der Waals surface area contributed by atoms with Crippen LogP contribution in [0, 0.1) is 5.92 Å². The molecule has 342 valence electrons. The van der Waals surface area contributed by atoms with Gasteiger partial charge in [0.25, 0.3) is 11.8 Å². The van der Waals surface area contributed by atoms with Crippen molar-refractivity contribution in [2.75, 3.05) is 45.9 Å². The van der Waals surface area contributed by atoms with E-state index in [1.807, 2.05) is 30.3 Å². The lowest BCUT2D eigenvalue weighted by atomic mass is 9.80. The van der Waals surface area contributed by atoms with Gasteiger partial charge >= 0.3 is 5.97 Å². The SMILES string of the molecule is O=C(COc1cccc([C@@](O)(C(=O)O)c2ccccc2CC2CCN(Cc3ccccc3)CC2)c1)NC1CN(C(=O)c2ccc(CCNC[C@H](O)c3ccc(O)c4[nH]c(=O)ccc34)cc2)C1. The number of phenols is 1. The second-order valence-electron chi connectivity index (χ2n) is 17.3. The fourth-order valence-corrected chi connectivity index (χ4v) is 9.04. The molecule has 0 spiro atoms. The zero-order valence-electron chi connectivity index (χ0n) is 36.6. The van der Waals surface area contributed by atoms with E-state index < -0.39 is 23.6 Å². The number of aromatic nitrogens is 1. The third-order valence-corrected chi connectivity index (χ3v) is 12.7. The smallest absolute Gasteiger partial charge is 0.345 e. The first-order chi connectivity index (χ1) is 31.9. The summed E-state index contributed by atoms with van der Waals surface area (Å²) in [5.41, 5.74) is 2.18. The van der Waals surface area contributed by atoms with Crippen LogP contribution in [0.15, 0.2) is 132 Å². The van der Waals surface area contributed by atoms with Crippen LogP contribution in [-0.4, -0.2) is 105 Å². The lowest BCUT2D eigenvalue weighted by Gasteiger charge is -2.39. The van der Waals surface area contributed by atoms with Gasteiger partial charge in [-0.15, -0.1) is 0 Å². The number of aliphatic hydroxyl groups is 2. The Hall–Kier alpha value is -6.84. The second kappa shape index (κ2) is 20.6. The normalized spacial score (nSPS) is 16.0. The van der Waals surface area contributed by atoms with Crippen molar-refractivity contribution >= 4 is 28.7 Å². The number of pyridine rings is 1. The Kier molecular flexibility index (Phi) is 14.2. The van der Waals surface area contributed by atoms with E-state index in [0.717, 1.165) is 43.6 Å². The Morgan fingerprint density at radius 2 is 1.59 bits per heavy atom. The quantitative estimate of drug-likeness (QED) is 0.0579. The number of carbonyl (C=O) groups excluding carboxylic acids is 2. The molecule has 0 aliphatic carbocycles. The fourth-order valence-electron chi connectivity index (χ4n) is 9.04. The largest absolute Gasteiger partial charge is 0.506 e. The molecule has 0 bridgehead atoms. The first kappa shape index (κ1) is 45.7. The molecule has 7 N–H and O–H groups in total. The number of aliphatic hydroxyl groups excluding tert-OH is 1. The number of fused-ring (bicyclic) bond motifs is 1. The van der Waals surface area contributed by atoms with Crippen LogP contribution in [0.2, 0.25) is 0 Å². The molecule has 14 heteroatoms. The van der Waals surface area contributed by atoms with Crippen molar-refractivity contribution < 1.29 is 39.5 Å². The molecular weight excluding hydrogens is 839 g/mol. The summed E-state index contributed by atoms with van der Waals surface area (Å²) in [6.07, 6.45) is 2.35. The summed E-state index contributed by atoms with van der Waals surface area (Å²) in [6.45, 7) is 3.92. The molecule has 0 radical (unpaired) electrons. The van der Waals surface area contributed by atoms with Gasteiger partial charge in [-0.05, 0) is 110 Å². The number of hydrogen-bond acceptors (Lipinski definition) is 10. The Labute approximate surface area is 382 Å². The molecule has 2 fully saturated rings. The molecule has 8 rings (SSSR count). The molecule has 14 nitrogen and oxygen atoms in total. The van der Waals surface area contributed by atoms with Crippen LogP contribution >= 0.6 is 0 Å². The number of nitrogens with zero attached hydrogens (tertiary/aromatic N) is 2. The third kappa shape index (κ3) is 10.6. The van der Waals surface area contributed by atoms with Gasteiger partial charge in [-0.25, -0.2) is 4.79 Å². The van der Waals surface area contributed by atoms with Crippen LogP contribution in [0.4, 0.5) is 0 Å². The molecule has 0 saturated carbocycles. The minimum absolute atomic E-state index is 0.0676. The number of amides is 2. The van der Waals surface area contributed by atoms with E-state index in [0.29, 0.717) is 60.5 Å². The van der Waals surface area contributed by atoms with Crippen molar-refractivity contribution in [3.8, 4) is 11.5 Å². The lowest BCUT2D eigenvalue weighted by molar-refractivity contribution is -0.155. The molecule has 3 heterocycles. The molecule has 2 saturated heterocycles. The number of H-pyrrole nitrogens is 1. The van der Waals surface area contributed by atoms with Gasteiger partial charge < -0.3 is 45.7 Å². The van der Waals surface area contributed by atoms with Crippen molar-refractivity contribution in [2.45, 2.75) is 50.0 Å². The average molecular weight is 894 g/mol. The van der Waals surface area contributed by atoms with E-state index in [4.69, 9.17) is 4.74 Å². The van der Waals surface area contributed by atoms with Crippen LogP contribution in [0.5, 0.6) is 11.5 Å². The number of phenolic OH excluding ortho intramolecular Hbond substituents is 1. The number of carboxylic acids is 1. The highest BCUT2D eigenvalue weighted by atomic mass is 16.5. The number of aliphatic carboxylic acids is 1. The third-order valence-electron chi connectivity index (χ3n) is 12.7.